The normalized spacial score (nSPS) is 27.5. The standard InChI is InChI=1S/C24H26F6/c25-13-3-1-2-4-17-5-7-20(8-6-17)23(24(28,29)30)11-9-18(10-12-23)19-14-21(26)16-22(27)15-19/h2,4,9-11,14-17,20H,1,3,5-8,12-13H2/t17-,20-,23?. The molecular formula is C24H26F6. The molecule has 30 heavy (non-hydrogen) atoms. The zero-order chi connectivity index (χ0) is 21.8. The molecule has 1 atom stereocenters. The number of hydrogen-bond donors (Lipinski definition) is 0. The van der Waals surface area contributed by atoms with Gasteiger partial charge in [-0.05, 0) is 80.1 Å². The SMILES string of the molecule is FCCCC=C[C@H]1CC[C@H](C2(C(F)(F)F)C=CC(c3cc(F)cc(F)c3)=CC2)CC1. The molecule has 3 rings (SSSR count). The molecule has 0 aliphatic heterocycles. The number of hydrogen-bond acceptors (Lipinski definition) is 0. The van der Waals surface area contributed by atoms with Crippen molar-refractivity contribution in [2.24, 2.45) is 17.3 Å². The first-order chi connectivity index (χ1) is 14.2. The van der Waals surface area contributed by atoms with Crippen LogP contribution in [-0.2, 0) is 0 Å². The Kier molecular flexibility index (Phi) is 7.14. The second kappa shape index (κ2) is 9.44. The van der Waals surface area contributed by atoms with Crippen LogP contribution in [0.5, 0.6) is 0 Å². The van der Waals surface area contributed by atoms with Gasteiger partial charge in [-0.1, -0.05) is 30.4 Å². The molecule has 2 aliphatic carbocycles. The summed E-state index contributed by atoms with van der Waals surface area (Å²) < 4.78 is 81.7. The fourth-order valence-electron chi connectivity index (χ4n) is 4.64. The van der Waals surface area contributed by atoms with E-state index in [4.69, 9.17) is 0 Å². The second-order valence-electron chi connectivity index (χ2n) is 8.26. The van der Waals surface area contributed by atoms with Crippen LogP contribution in [0.4, 0.5) is 26.3 Å². The van der Waals surface area contributed by atoms with Gasteiger partial charge in [-0.3, -0.25) is 4.39 Å². The lowest BCUT2D eigenvalue weighted by molar-refractivity contribution is -0.226. The quantitative estimate of drug-likeness (QED) is 0.245. The van der Waals surface area contributed by atoms with E-state index < -0.39 is 29.1 Å². The van der Waals surface area contributed by atoms with Crippen LogP contribution in [0.25, 0.3) is 5.57 Å². The van der Waals surface area contributed by atoms with Gasteiger partial charge in [0.15, 0.2) is 0 Å². The van der Waals surface area contributed by atoms with Crippen LogP contribution >= 0.6 is 0 Å². The number of benzene rings is 1. The van der Waals surface area contributed by atoms with E-state index in [0.717, 1.165) is 18.2 Å². The number of rotatable bonds is 6. The molecule has 164 valence electrons. The summed E-state index contributed by atoms with van der Waals surface area (Å²) >= 11 is 0. The molecule has 0 nitrogen and oxygen atoms in total. The van der Waals surface area contributed by atoms with Crippen molar-refractivity contribution in [1.29, 1.82) is 0 Å². The predicted molar refractivity (Wildman–Crippen MR) is 106 cm³/mol. The summed E-state index contributed by atoms with van der Waals surface area (Å²) in [5.74, 6) is -1.82. The smallest absolute Gasteiger partial charge is 0.251 e. The average Bonchev–Trinajstić information content (AvgIpc) is 2.70. The summed E-state index contributed by atoms with van der Waals surface area (Å²) in [6.45, 7) is -0.366. The Hall–Kier alpha value is -1.98. The highest BCUT2D eigenvalue weighted by Gasteiger charge is 2.57. The van der Waals surface area contributed by atoms with Crippen molar-refractivity contribution in [1.82, 2.24) is 0 Å². The third kappa shape index (κ3) is 5.01. The largest absolute Gasteiger partial charge is 0.398 e. The van der Waals surface area contributed by atoms with Gasteiger partial charge in [-0.25, -0.2) is 8.78 Å². The molecule has 6 heteroatoms. The van der Waals surface area contributed by atoms with Crippen LogP contribution in [0.3, 0.4) is 0 Å². The Bertz CT molecular complexity index is 791. The molecule has 0 aromatic heterocycles. The minimum atomic E-state index is -4.41. The van der Waals surface area contributed by atoms with E-state index in [1.54, 1.807) is 0 Å². The molecule has 0 amide bonds. The fraction of sp³-hybridized carbons (Fsp3) is 0.500. The van der Waals surface area contributed by atoms with Crippen LogP contribution in [0.1, 0.15) is 50.5 Å². The highest BCUT2D eigenvalue weighted by Crippen LogP contribution is 2.55. The zero-order valence-electron chi connectivity index (χ0n) is 16.7. The van der Waals surface area contributed by atoms with Gasteiger partial charge in [0.25, 0.3) is 0 Å². The van der Waals surface area contributed by atoms with Crippen LogP contribution in [0.2, 0.25) is 0 Å². The molecule has 0 saturated heterocycles. The number of unbranched alkanes of at least 4 members (excludes halogenated alkanes) is 1. The minimum absolute atomic E-state index is 0.234. The van der Waals surface area contributed by atoms with E-state index in [-0.39, 0.29) is 24.6 Å². The third-order valence-electron chi connectivity index (χ3n) is 6.36. The summed E-state index contributed by atoms with van der Waals surface area (Å²) in [6.07, 6.45) is 6.69. The highest BCUT2D eigenvalue weighted by atomic mass is 19.4. The molecule has 1 unspecified atom stereocenters. The van der Waals surface area contributed by atoms with Crippen molar-refractivity contribution in [3.8, 4) is 0 Å². The molecule has 1 aromatic carbocycles. The summed E-state index contributed by atoms with van der Waals surface area (Å²) in [7, 11) is 0. The van der Waals surface area contributed by atoms with Crippen molar-refractivity contribution < 1.29 is 26.3 Å². The van der Waals surface area contributed by atoms with Gasteiger partial charge in [0.05, 0.1) is 12.1 Å². The summed E-state index contributed by atoms with van der Waals surface area (Å²) in [6, 6.07) is 2.99. The van der Waals surface area contributed by atoms with Gasteiger partial charge in [-0.2, -0.15) is 13.2 Å². The van der Waals surface area contributed by atoms with Crippen molar-refractivity contribution in [2.75, 3.05) is 6.67 Å². The lowest BCUT2D eigenvalue weighted by atomic mass is 9.63. The maximum atomic E-state index is 14.2. The minimum Gasteiger partial charge on any atom is -0.251 e. The van der Waals surface area contributed by atoms with Gasteiger partial charge >= 0.3 is 6.18 Å². The van der Waals surface area contributed by atoms with Gasteiger partial charge < -0.3 is 0 Å². The van der Waals surface area contributed by atoms with Gasteiger partial charge in [0.2, 0.25) is 0 Å². The molecular weight excluding hydrogens is 402 g/mol. The Morgan fingerprint density at radius 1 is 1.00 bits per heavy atom. The predicted octanol–water partition coefficient (Wildman–Crippen LogP) is 7.97. The molecule has 0 spiro atoms. The van der Waals surface area contributed by atoms with E-state index >= 15 is 0 Å². The maximum absolute atomic E-state index is 14.2. The van der Waals surface area contributed by atoms with E-state index in [1.165, 1.54) is 18.2 Å². The summed E-state index contributed by atoms with van der Waals surface area (Å²) in [5.41, 5.74) is -1.31. The van der Waals surface area contributed by atoms with E-state index in [0.29, 0.717) is 44.1 Å². The van der Waals surface area contributed by atoms with Crippen LogP contribution in [-0.4, -0.2) is 12.9 Å². The Morgan fingerprint density at radius 3 is 2.20 bits per heavy atom. The Balaban J connectivity index is 1.73. The van der Waals surface area contributed by atoms with E-state index in [2.05, 4.69) is 0 Å². The van der Waals surface area contributed by atoms with Gasteiger partial charge in [0.1, 0.15) is 11.6 Å². The Morgan fingerprint density at radius 2 is 1.67 bits per heavy atom. The summed E-state index contributed by atoms with van der Waals surface area (Å²) in [5, 5.41) is 0. The topological polar surface area (TPSA) is 0 Å². The van der Waals surface area contributed by atoms with E-state index in [1.807, 2.05) is 12.2 Å². The second-order valence-corrected chi connectivity index (χ2v) is 8.26. The van der Waals surface area contributed by atoms with Crippen molar-refractivity contribution in [3.05, 3.63) is 65.8 Å². The zero-order valence-corrected chi connectivity index (χ0v) is 16.7. The average molecular weight is 428 g/mol. The lowest BCUT2D eigenvalue weighted by Crippen LogP contribution is -2.44. The molecule has 1 fully saturated rings. The van der Waals surface area contributed by atoms with Gasteiger partial charge in [-0.15, -0.1) is 0 Å². The first-order valence-corrected chi connectivity index (χ1v) is 10.4. The molecule has 1 saturated carbocycles. The van der Waals surface area contributed by atoms with Crippen molar-refractivity contribution >= 4 is 5.57 Å². The number of alkyl halides is 4. The molecule has 0 radical (unpaired) electrons. The van der Waals surface area contributed by atoms with E-state index in [9.17, 15) is 26.3 Å². The molecule has 0 bridgehead atoms. The fourth-order valence-corrected chi connectivity index (χ4v) is 4.64. The highest BCUT2D eigenvalue weighted by molar-refractivity contribution is 5.75. The number of halogens is 6. The maximum Gasteiger partial charge on any atom is 0.398 e. The lowest BCUT2D eigenvalue weighted by Gasteiger charge is -2.44. The van der Waals surface area contributed by atoms with Crippen molar-refractivity contribution in [2.45, 2.75) is 51.1 Å². The molecule has 0 heterocycles. The molecule has 0 N–H and O–H groups in total. The third-order valence-corrected chi connectivity index (χ3v) is 6.36. The van der Waals surface area contributed by atoms with Crippen molar-refractivity contribution in [3.63, 3.8) is 0 Å². The van der Waals surface area contributed by atoms with Crippen LogP contribution in [0.15, 0.2) is 48.6 Å². The van der Waals surface area contributed by atoms with Crippen LogP contribution in [0, 0.1) is 28.9 Å². The molecule has 1 aromatic rings. The molecule has 2 aliphatic rings. The Labute approximate surface area is 173 Å². The first kappa shape index (κ1) is 22.7. The monoisotopic (exact) mass is 428 g/mol. The summed E-state index contributed by atoms with van der Waals surface area (Å²) in [4.78, 5) is 0. The number of allylic oxidation sites excluding steroid dienone is 6. The first-order valence-electron chi connectivity index (χ1n) is 10.4. The van der Waals surface area contributed by atoms with Crippen LogP contribution < -0.4 is 0 Å². The van der Waals surface area contributed by atoms with Gasteiger partial charge in [0, 0.05) is 6.07 Å².